The van der Waals surface area contributed by atoms with Gasteiger partial charge < -0.3 is 9.15 Å². The lowest BCUT2D eigenvalue weighted by Crippen LogP contribution is -2.08. The molecule has 1 aliphatic heterocycles. The van der Waals surface area contributed by atoms with Crippen molar-refractivity contribution in [2.45, 2.75) is 31.8 Å². The van der Waals surface area contributed by atoms with Crippen molar-refractivity contribution in [3.63, 3.8) is 0 Å². The molecule has 1 aromatic carbocycles. The highest BCUT2D eigenvalue weighted by Gasteiger charge is 2.17. The molecular formula is C14H15NO4. The molecule has 5 nitrogen and oxygen atoms in total. The van der Waals surface area contributed by atoms with E-state index in [-0.39, 0.29) is 11.9 Å². The molecule has 1 fully saturated rings. The lowest BCUT2D eigenvalue weighted by Gasteiger charge is -2.07. The summed E-state index contributed by atoms with van der Waals surface area (Å²) >= 11 is 0. The van der Waals surface area contributed by atoms with Gasteiger partial charge in [-0.1, -0.05) is 0 Å². The van der Waals surface area contributed by atoms with E-state index in [1.165, 1.54) is 0 Å². The van der Waals surface area contributed by atoms with E-state index in [0.717, 1.165) is 25.9 Å². The zero-order valence-corrected chi connectivity index (χ0v) is 10.5. The molecule has 5 heteroatoms. The fourth-order valence-electron chi connectivity index (χ4n) is 2.43. The van der Waals surface area contributed by atoms with Crippen LogP contribution in [-0.2, 0) is 4.74 Å². The number of H-pyrrole nitrogens is 1. The molecule has 1 unspecified atom stereocenters. The van der Waals surface area contributed by atoms with Crippen LogP contribution >= 0.6 is 0 Å². The Labute approximate surface area is 109 Å². The molecule has 0 radical (unpaired) electrons. The van der Waals surface area contributed by atoms with Crippen molar-refractivity contribution < 1.29 is 13.9 Å². The lowest BCUT2D eigenvalue weighted by atomic mass is 10.0. The van der Waals surface area contributed by atoms with Crippen molar-refractivity contribution in [1.29, 1.82) is 0 Å². The molecule has 100 valence electrons. The smallest absolute Gasteiger partial charge is 0.408 e. The first-order valence-electron chi connectivity index (χ1n) is 6.50. The van der Waals surface area contributed by atoms with Crippen molar-refractivity contribution in [3.05, 3.63) is 34.3 Å². The average Bonchev–Trinajstić information content (AvgIpc) is 3.02. The van der Waals surface area contributed by atoms with Gasteiger partial charge in [-0.3, -0.25) is 9.78 Å². The van der Waals surface area contributed by atoms with Crippen LogP contribution in [0.1, 0.15) is 36.0 Å². The van der Waals surface area contributed by atoms with E-state index < -0.39 is 5.76 Å². The molecule has 0 amide bonds. The summed E-state index contributed by atoms with van der Waals surface area (Å²) in [4.78, 5) is 25.7. The topological polar surface area (TPSA) is 72.3 Å². The number of hydrogen-bond donors (Lipinski definition) is 1. The van der Waals surface area contributed by atoms with Gasteiger partial charge in [0, 0.05) is 18.6 Å². The average molecular weight is 261 g/mol. The second-order valence-corrected chi connectivity index (χ2v) is 4.82. The third kappa shape index (κ3) is 2.61. The molecule has 1 atom stereocenters. The third-order valence-electron chi connectivity index (χ3n) is 3.46. The predicted octanol–water partition coefficient (Wildman–Crippen LogP) is 2.26. The largest absolute Gasteiger partial charge is 0.417 e. The highest BCUT2D eigenvalue weighted by molar-refractivity contribution is 5.98. The fraction of sp³-hybridized carbons (Fsp3) is 0.429. The summed E-state index contributed by atoms with van der Waals surface area (Å²) in [6.07, 6.45) is 3.56. The quantitative estimate of drug-likeness (QED) is 0.857. The second-order valence-electron chi connectivity index (χ2n) is 4.82. The first kappa shape index (κ1) is 12.2. The van der Waals surface area contributed by atoms with Crippen molar-refractivity contribution >= 4 is 16.9 Å². The Morgan fingerprint density at radius 1 is 1.42 bits per heavy atom. The molecule has 1 saturated heterocycles. The molecule has 1 aromatic heterocycles. The van der Waals surface area contributed by atoms with E-state index in [4.69, 9.17) is 9.15 Å². The molecule has 0 aliphatic carbocycles. The molecule has 0 spiro atoms. The van der Waals surface area contributed by atoms with Crippen LogP contribution < -0.4 is 5.76 Å². The maximum atomic E-state index is 12.1. The summed E-state index contributed by atoms with van der Waals surface area (Å²) in [6.45, 7) is 0.805. The normalized spacial score (nSPS) is 19.1. The molecule has 3 rings (SSSR count). The Kier molecular flexibility index (Phi) is 3.21. The van der Waals surface area contributed by atoms with Gasteiger partial charge in [0.15, 0.2) is 11.4 Å². The summed E-state index contributed by atoms with van der Waals surface area (Å²) in [5, 5.41) is 0. The van der Waals surface area contributed by atoms with Crippen LogP contribution in [0.5, 0.6) is 0 Å². The number of ether oxygens (including phenoxy) is 1. The number of carbonyl (C=O) groups excluding carboxylic acids is 1. The maximum absolute atomic E-state index is 12.1. The Balaban J connectivity index is 1.71. The number of fused-ring (bicyclic) bond motifs is 1. The van der Waals surface area contributed by atoms with Crippen LogP contribution in [0, 0.1) is 0 Å². The third-order valence-corrected chi connectivity index (χ3v) is 3.46. The van der Waals surface area contributed by atoms with E-state index in [0.29, 0.717) is 23.1 Å². The number of Topliss-reactive ketones (excluding diaryl/α,β-unsaturated/α-hetero) is 1. The first-order chi connectivity index (χ1) is 9.22. The second kappa shape index (κ2) is 5.01. The number of carbonyl (C=O) groups is 1. The number of rotatable bonds is 4. The van der Waals surface area contributed by atoms with Gasteiger partial charge in [0.25, 0.3) is 0 Å². The van der Waals surface area contributed by atoms with Crippen molar-refractivity contribution in [2.75, 3.05) is 6.61 Å². The number of benzene rings is 1. The number of ketones is 1. The number of aromatic nitrogens is 1. The molecule has 2 heterocycles. The van der Waals surface area contributed by atoms with E-state index in [9.17, 15) is 9.59 Å². The van der Waals surface area contributed by atoms with Crippen molar-refractivity contribution in [1.82, 2.24) is 4.98 Å². The SMILES string of the molecule is O=C(CCC1CCCO1)c1ccc2[nH]c(=O)oc2c1. The van der Waals surface area contributed by atoms with Gasteiger partial charge in [-0.05, 0) is 37.5 Å². The maximum Gasteiger partial charge on any atom is 0.417 e. The van der Waals surface area contributed by atoms with Crippen LogP contribution in [-0.4, -0.2) is 23.5 Å². The fourth-order valence-corrected chi connectivity index (χ4v) is 2.43. The van der Waals surface area contributed by atoms with Crippen LogP contribution in [0.25, 0.3) is 11.1 Å². The van der Waals surface area contributed by atoms with Crippen LogP contribution in [0.2, 0.25) is 0 Å². The van der Waals surface area contributed by atoms with Crippen LogP contribution in [0.3, 0.4) is 0 Å². The van der Waals surface area contributed by atoms with E-state index in [2.05, 4.69) is 4.98 Å². The monoisotopic (exact) mass is 261 g/mol. The first-order valence-corrected chi connectivity index (χ1v) is 6.50. The summed E-state index contributed by atoms with van der Waals surface area (Å²) in [5.74, 6) is -0.444. The Morgan fingerprint density at radius 3 is 3.11 bits per heavy atom. The van der Waals surface area contributed by atoms with E-state index >= 15 is 0 Å². The van der Waals surface area contributed by atoms with Crippen molar-refractivity contribution in [2.24, 2.45) is 0 Å². The van der Waals surface area contributed by atoms with Gasteiger partial charge in [-0.25, -0.2) is 4.79 Å². The minimum atomic E-state index is -0.501. The van der Waals surface area contributed by atoms with Gasteiger partial charge in [0.2, 0.25) is 0 Å². The molecular weight excluding hydrogens is 246 g/mol. The molecule has 1 aliphatic rings. The van der Waals surface area contributed by atoms with Crippen LogP contribution in [0.4, 0.5) is 0 Å². The van der Waals surface area contributed by atoms with E-state index in [1.54, 1.807) is 18.2 Å². The molecule has 0 saturated carbocycles. The summed E-state index contributed by atoms with van der Waals surface area (Å²) in [5.41, 5.74) is 1.61. The highest BCUT2D eigenvalue weighted by Crippen LogP contribution is 2.19. The molecule has 2 aromatic rings. The van der Waals surface area contributed by atoms with Gasteiger partial charge in [0.05, 0.1) is 11.6 Å². The van der Waals surface area contributed by atoms with Gasteiger partial charge >= 0.3 is 5.76 Å². The number of nitrogens with one attached hydrogen (secondary N) is 1. The predicted molar refractivity (Wildman–Crippen MR) is 69.4 cm³/mol. The summed E-state index contributed by atoms with van der Waals surface area (Å²) < 4.78 is 10.4. The molecule has 19 heavy (non-hydrogen) atoms. The summed E-state index contributed by atoms with van der Waals surface area (Å²) in [7, 11) is 0. The van der Waals surface area contributed by atoms with Gasteiger partial charge in [0.1, 0.15) is 0 Å². The standard InChI is InChI=1S/C14H15NO4/c16-12(6-4-10-2-1-7-18-10)9-3-5-11-13(8-9)19-14(17)15-11/h3,5,8,10H,1-2,4,6-7H2,(H,15,17). The lowest BCUT2D eigenvalue weighted by molar-refractivity contribution is 0.0859. The Morgan fingerprint density at radius 2 is 2.32 bits per heavy atom. The van der Waals surface area contributed by atoms with Crippen LogP contribution in [0.15, 0.2) is 27.4 Å². The summed E-state index contributed by atoms with van der Waals surface area (Å²) in [6, 6.07) is 5.02. The zero-order chi connectivity index (χ0) is 13.2. The molecule has 0 bridgehead atoms. The van der Waals surface area contributed by atoms with Gasteiger partial charge in [-0.2, -0.15) is 0 Å². The Hall–Kier alpha value is -1.88. The number of aromatic amines is 1. The van der Waals surface area contributed by atoms with Crippen molar-refractivity contribution in [3.8, 4) is 0 Å². The van der Waals surface area contributed by atoms with Gasteiger partial charge in [-0.15, -0.1) is 0 Å². The number of oxazole rings is 1. The van der Waals surface area contributed by atoms with E-state index in [1.807, 2.05) is 0 Å². The minimum Gasteiger partial charge on any atom is -0.408 e. The minimum absolute atomic E-state index is 0.0567. The highest BCUT2D eigenvalue weighted by atomic mass is 16.5. The Bertz CT molecular complexity index is 649. The zero-order valence-electron chi connectivity index (χ0n) is 10.5. The molecule has 1 N–H and O–H groups in total. The number of hydrogen-bond acceptors (Lipinski definition) is 4.